The summed E-state index contributed by atoms with van der Waals surface area (Å²) in [7, 11) is 0. The lowest BCUT2D eigenvalue weighted by atomic mass is 9.66. The Morgan fingerprint density at radius 3 is 2.34 bits per heavy atom. The van der Waals surface area contributed by atoms with Crippen LogP contribution in [0.2, 0.25) is 0 Å². The smallest absolute Gasteiger partial charge is 0.375 e. The van der Waals surface area contributed by atoms with Gasteiger partial charge < -0.3 is 10.1 Å². The number of alkyl halides is 3. The van der Waals surface area contributed by atoms with Crippen LogP contribution in [0, 0.1) is 11.6 Å². The molecule has 4 rings (SSSR count). The summed E-state index contributed by atoms with van der Waals surface area (Å²) in [5, 5.41) is 3.23. The quantitative estimate of drug-likeness (QED) is 0.397. The normalized spacial score (nSPS) is 23.0. The van der Waals surface area contributed by atoms with Crippen molar-refractivity contribution in [3.05, 3.63) is 70.8 Å². The van der Waals surface area contributed by atoms with Gasteiger partial charge in [0.2, 0.25) is 0 Å². The number of halogens is 5. The predicted octanol–water partition coefficient (Wildman–Crippen LogP) is 6.52. The van der Waals surface area contributed by atoms with Crippen molar-refractivity contribution in [2.24, 2.45) is 0 Å². The minimum Gasteiger partial charge on any atom is -0.375 e. The van der Waals surface area contributed by atoms with Crippen molar-refractivity contribution in [2.45, 2.75) is 68.7 Å². The Hall–Kier alpha value is -1.99. The molecule has 2 nitrogen and oxygen atoms in total. The Balaban J connectivity index is 1.54. The molecule has 0 unspecified atom stereocenters. The van der Waals surface area contributed by atoms with Crippen LogP contribution in [0.5, 0.6) is 0 Å². The van der Waals surface area contributed by atoms with Crippen molar-refractivity contribution in [3.63, 3.8) is 0 Å². The Bertz CT molecular complexity index is 918. The average Bonchev–Trinajstić information content (AvgIpc) is 3.17. The summed E-state index contributed by atoms with van der Waals surface area (Å²) < 4.78 is 73.3. The van der Waals surface area contributed by atoms with Crippen LogP contribution < -0.4 is 5.32 Å². The Labute approximate surface area is 185 Å². The first kappa shape index (κ1) is 23.2. The van der Waals surface area contributed by atoms with Crippen LogP contribution >= 0.6 is 0 Å². The van der Waals surface area contributed by atoms with Crippen molar-refractivity contribution in [1.82, 2.24) is 5.32 Å². The lowest BCUT2D eigenvalue weighted by Crippen LogP contribution is -2.47. The zero-order valence-corrected chi connectivity index (χ0v) is 17.9. The van der Waals surface area contributed by atoms with Gasteiger partial charge in [-0.25, -0.2) is 8.78 Å². The molecule has 2 fully saturated rings. The molecule has 1 heterocycles. The number of nitrogens with one attached hydrogen (secondary N) is 1. The van der Waals surface area contributed by atoms with Gasteiger partial charge in [-0.2, -0.15) is 13.2 Å². The van der Waals surface area contributed by atoms with Gasteiger partial charge in [0.05, 0.1) is 11.2 Å². The SMILES string of the molecule is Fc1cc(F)cc(CNCC[C@@]2(c3cccc(C(F)(F)F)c3)CCOC3(CCCC3)C2)c1. The summed E-state index contributed by atoms with van der Waals surface area (Å²) in [6, 6.07) is 9.07. The highest BCUT2D eigenvalue weighted by Gasteiger charge is 2.48. The number of hydrogen-bond donors (Lipinski definition) is 1. The molecule has 2 aromatic rings. The summed E-state index contributed by atoms with van der Waals surface area (Å²) >= 11 is 0. The Kier molecular flexibility index (Phi) is 6.59. The molecular weight excluding hydrogens is 425 g/mol. The van der Waals surface area contributed by atoms with Crippen molar-refractivity contribution >= 4 is 0 Å². The molecule has 0 amide bonds. The van der Waals surface area contributed by atoms with Crippen molar-refractivity contribution in [3.8, 4) is 0 Å². The lowest BCUT2D eigenvalue weighted by Gasteiger charge is -2.47. The van der Waals surface area contributed by atoms with Crippen LogP contribution in [0.4, 0.5) is 22.0 Å². The average molecular weight is 453 g/mol. The topological polar surface area (TPSA) is 21.3 Å². The van der Waals surface area contributed by atoms with E-state index in [0.717, 1.165) is 37.8 Å². The van der Waals surface area contributed by atoms with E-state index in [1.165, 1.54) is 24.3 Å². The molecule has 2 aromatic carbocycles. The highest BCUT2D eigenvalue weighted by molar-refractivity contribution is 5.33. The van der Waals surface area contributed by atoms with Gasteiger partial charge in [0, 0.05) is 24.6 Å². The second-order valence-electron chi connectivity index (χ2n) is 9.23. The summed E-state index contributed by atoms with van der Waals surface area (Å²) in [6.45, 7) is 1.32. The molecule has 1 aliphatic carbocycles. The van der Waals surface area contributed by atoms with Crippen LogP contribution in [-0.4, -0.2) is 18.8 Å². The second kappa shape index (κ2) is 9.10. The maximum atomic E-state index is 13.4. The third-order valence-corrected chi connectivity index (χ3v) is 7.00. The molecule has 32 heavy (non-hydrogen) atoms. The molecule has 1 aliphatic heterocycles. The second-order valence-corrected chi connectivity index (χ2v) is 9.23. The molecule has 174 valence electrons. The Morgan fingerprint density at radius 2 is 1.66 bits per heavy atom. The monoisotopic (exact) mass is 453 g/mol. The van der Waals surface area contributed by atoms with Gasteiger partial charge in [0.1, 0.15) is 11.6 Å². The molecule has 1 N–H and O–H groups in total. The van der Waals surface area contributed by atoms with E-state index in [0.29, 0.717) is 43.5 Å². The molecule has 1 saturated heterocycles. The van der Waals surface area contributed by atoms with E-state index in [2.05, 4.69) is 5.32 Å². The van der Waals surface area contributed by atoms with Gasteiger partial charge in [-0.15, -0.1) is 0 Å². The largest absolute Gasteiger partial charge is 0.416 e. The van der Waals surface area contributed by atoms with E-state index >= 15 is 0 Å². The number of hydrogen-bond acceptors (Lipinski definition) is 2. The van der Waals surface area contributed by atoms with Gasteiger partial charge in [0.15, 0.2) is 0 Å². The maximum absolute atomic E-state index is 13.4. The van der Waals surface area contributed by atoms with Crippen LogP contribution in [0.1, 0.15) is 61.6 Å². The van der Waals surface area contributed by atoms with E-state index in [1.807, 2.05) is 0 Å². The molecule has 0 radical (unpaired) electrons. The maximum Gasteiger partial charge on any atom is 0.416 e. The summed E-state index contributed by atoms with van der Waals surface area (Å²) in [4.78, 5) is 0. The lowest BCUT2D eigenvalue weighted by molar-refractivity contribution is -0.137. The van der Waals surface area contributed by atoms with Gasteiger partial charge in [0.25, 0.3) is 0 Å². The molecular formula is C25H28F5NO. The standard InChI is InChI=1S/C25H28F5NO/c26-21-12-18(13-22(27)15-21)16-31-10-8-23(9-11-32-24(17-23)6-1-2-7-24)19-4-3-5-20(14-19)25(28,29)30/h3-5,12-15,31H,1-2,6-11,16-17H2/t23-/m1/s1. The first-order valence-corrected chi connectivity index (χ1v) is 11.2. The number of ether oxygens (including phenoxy) is 1. The zero-order chi connectivity index (χ0) is 22.8. The van der Waals surface area contributed by atoms with E-state index in [1.54, 1.807) is 6.07 Å². The van der Waals surface area contributed by atoms with Crippen molar-refractivity contribution < 1.29 is 26.7 Å². The van der Waals surface area contributed by atoms with E-state index in [4.69, 9.17) is 4.74 Å². The number of benzene rings is 2. The van der Waals surface area contributed by atoms with Crippen LogP contribution in [0.3, 0.4) is 0 Å². The van der Waals surface area contributed by atoms with Gasteiger partial charge in [-0.1, -0.05) is 31.0 Å². The van der Waals surface area contributed by atoms with Gasteiger partial charge >= 0.3 is 6.18 Å². The zero-order valence-electron chi connectivity index (χ0n) is 17.9. The van der Waals surface area contributed by atoms with Crippen molar-refractivity contribution in [1.29, 1.82) is 0 Å². The van der Waals surface area contributed by atoms with E-state index in [-0.39, 0.29) is 12.1 Å². The molecule has 1 spiro atoms. The minimum absolute atomic E-state index is 0.266. The summed E-state index contributed by atoms with van der Waals surface area (Å²) in [5.74, 6) is -1.26. The molecule has 7 heteroatoms. The first-order chi connectivity index (χ1) is 15.2. The van der Waals surface area contributed by atoms with Crippen LogP contribution in [0.25, 0.3) is 0 Å². The van der Waals surface area contributed by atoms with Crippen LogP contribution in [-0.2, 0) is 22.9 Å². The van der Waals surface area contributed by atoms with Gasteiger partial charge in [-0.05, 0) is 68.0 Å². The van der Waals surface area contributed by atoms with Gasteiger partial charge in [-0.3, -0.25) is 0 Å². The number of rotatable bonds is 6. The predicted molar refractivity (Wildman–Crippen MR) is 112 cm³/mol. The van der Waals surface area contributed by atoms with Crippen LogP contribution in [0.15, 0.2) is 42.5 Å². The fraction of sp³-hybridized carbons (Fsp3) is 0.520. The molecule has 0 bridgehead atoms. The Morgan fingerprint density at radius 1 is 0.938 bits per heavy atom. The molecule has 1 atom stereocenters. The highest BCUT2D eigenvalue weighted by Crippen LogP contribution is 2.50. The summed E-state index contributed by atoms with van der Waals surface area (Å²) in [6.07, 6.45) is 1.58. The van der Waals surface area contributed by atoms with E-state index < -0.39 is 28.8 Å². The fourth-order valence-electron chi connectivity index (χ4n) is 5.46. The third-order valence-electron chi connectivity index (χ3n) is 7.00. The fourth-order valence-corrected chi connectivity index (χ4v) is 5.46. The van der Waals surface area contributed by atoms with Crippen molar-refractivity contribution in [2.75, 3.05) is 13.2 Å². The first-order valence-electron chi connectivity index (χ1n) is 11.2. The molecule has 0 aromatic heterocycles. The third kappa shape index (κ3) is 5.15. The minimum atomic E-state index is -4.40. The summed E-state index contributed by atoms with van der Waals surface area (Å²) in [5.41, 5.74) is -0.151. The molecule has 2 aliphatic rings. The highest BCUT2D eigenvalue weighted by atomic mass is 19.4. The van der Waals surface area contributed by atoms with E-state index in [9.17, 15) is 22.0 Å². The molecule has 1 saturated carbocycles.